The molecule has 0 aromatic carbocycles. The Morgan fingerprint density at radius 3 is 2.78 bits per heavy atom. The van der Waals surface area contributed by atoms with Gasteiger partial charge >= 0.3 is 0 Å². The molecule has 1 N–H and O–H groups in total. The zero-order chi connectivity index (χ0) is 15.7. The van der Waals surface area contributed by atoms with Crippen LogP contribution in [0.15, 0.2) is 23.4 Å². The molecule has 1 aliphatic carbocycles. The van der Waals surface area contributed by atoms with Gasteiger partial charge in [-0.05, 0) is 18.9 Å². The lowest BCUT2D eigenvalue weighted by molar-refractivity contribution is -0.0450. The van der Waals surface area contributed by atoms with Crippen LogP contribution in [-0.4, -0.2) is 51.3 Å². The van der Waals surface area contributed by atoms with Gasteiger partial charge in [-0.25, -0.2) is 4.98 Å². The normalized spacial score (nSPS) is 22.4. The highest BCUT2D eigenvalue weighted by atomic mass is 16.5. The standard InChI is InChI=1S/C17H24N4O2/c22-16-15-14(4-7-18-15)19-13-20(16)12-17(5-2-1-3-6-17)21-8-10-23-11-9-21/h4,7,13,18H,1-3,5-6,8-12H2. The Bertz CT molecular complexity index is 724. The number of rotatable bonds is 3. The van der Waals surface area contributed by atoms with Gasteiger partial charge in [0.2, 0.25) is 0 Å². The predicted octanol–water partition coefficient (Wildman–Crippen LogP) is 1.76. The maximum Gasteiger partial charge on any atom is 0.277 e. The molecule has 4 rings (SSSR count). The van der Waals surface area contributed by atoms with E-state index in [9.17, 15) is 4.79 Å². The van der Waals surface area contributed by atoms with Gasteiger partial charge in [-0.3, -0.25) is 14.3 Å². The molecule has 2 aromatic rings. The van der Waals surface area contributed by atoms with Crippen LogP contribution in [0.2, 0.25) is 0 Å². The fourth-order valence-corrected chi connectivity index (χ4v) is 4.22. The van der Waals surface area contributed by atoms with Crippen molar-refractivity contribution in [1.82, 2.24) is 19.4 Å². The highest BCUT2D eigenvalue weighted by Gasteiger charge is 2.39. The molecule has 2 aromatic heterocycles. The SMILES string of the molecule is O=c1c2[nH]ccc2ncn1CC1(N2CCOCC2)CCCCC1. The summed E-state index contributed by atoms with van der Waals surface area (Å²) in [6.07, 6.45) is 9.59. The molecular formula is C17H24N4O2. The van der Waals surface area contributed by atoms with E-state index >= 15 is 0 Å². The van der Waals surface area contributed by atoms with Gasteiger partial charge in [-0.15, -0.1) is 0 Å². The smallest absolute Gasteiger partial charge is 0.277 e. The van der Waals surface area contributed by atoms with Gasteiger partial charge in [0.25, 0.3) is 5.56 Å². The van der Waals surface area contributed by atoms with Crippen LogP contribution in [0.4, 0.5) is 0 Å². The quantitative estimate of drug-likeness (QED) is 0.937. The summed E-state index contributed by atoms with van der Waals surface area (Å²) in [5.74, 6) is 0. The van der Waals surface area contributed by atoms with E-state index in [2.05, 4.69) is 14.9 Å². The highest BCUT2D eigenvalue weighted by Crippen LogP contribution is 2.35. The fraction of sp³-hybridized carbons (Fsp3) is 0.647. The number of H-pyrrole nitrogens is 1. The minimum absolute atomic E-state index is 0.0400. The second-order valence-corrected chi connectivity index (χ2v) is 6.80. The predicted molar refractivity (Wildman–Crippen MR) is 88.6 cm³/mol. The monoisotopic (exact) mass is 316 g/mol. The van der Waals surface area contributed by atoms with E-state index in [-0.39, 0.29) is 11.1 Å². The molecule has 23 heavy (non-hydrogen) atoms. The molecule has 6 heteroatoms. The second-order valence-electron chi connectivity index (χ2n) is 6.80. The molecule has 0 atom stereocenters. The molecule has 1 saturated carbocycles. The van der Waals surface area contributed by atoms with Gasteiger partial charge in [-0.2, -0.15) is 0 Å². The highest BCUT2D eigenvalue weighted by molar-refractivity contribution is 5.73. The lowest BCUT2D eigenvalue weighted by Gasteiger charge is -2.48. The summed E-state index contributed by atoms with van der Waals surface area (Å²) in [5.41, 5.74) is 1.47. The van der Waals surface area contributed by atoms with E-state index in [1.807, 2.05) is 6.07 Å². The summed E-state index contributed by atoms with van der Waals surface area (Å²) in [4.78, 5) is 22.8. The zero-order valence-corrected chi connectivity index (χ0v) is 13.5. The fourth-order valence-electron chi connectivity index (χ4n) is 4.22. The van der Waals surface area contributed by atoms with Crippen molar-refractivity contribution in [1.29, 1.82) is 0 Å². The van der Waals surface area contributed by atoms with Crippen molar-refractivity contribution in [3.8, 4) is 0 Å². The van der Waals surface area contributed by atoms with Gasteiger partial charge in [0.1, 0.15) is 5.52 Å². The maximum absolute atomic E-state index is 12.7. The van der Waals surface area contributed by atoms with E-state index in [4.69, 9.17) is 4.74 Å². The Morgan fingerprint density at radius 1 is 1.22 bits per heavy atom. The van der Waals surface area contributed by atoms with Crippen LogP contribution in [0, 0.1) is 0 Å². The largest absolute Gasteiger partial charge is 0.379 e. The Hall–Kier alpha value is -1.66. The Balaban J connectivity index is 1.68. The molecule has 0 amide bonds. The lowest BCUT2D eigenvalue weighted by Crippen LogP contribution is -2.57. The summed E-state index contributed by atoms with van der Waals surface area (Å²) in [6.45, 7) is 4.25. The van der Waals surface area contributed by atoms with Gasteiger partial charge < -0.3 is 9.72 Å². The third-order valence-corrected chi connectivity index (χ3v) is 5.47. The number of nitrogens with zero attached hydrogens (tertiary/aromatic N) is 3. The summed E-state index contributed by atoms with van der Waals surface area (Å²) >= 11 is 0. The number of aromatic nitrogens is 3. The molecule has 0 bridgehead atoms. The van der Waals surface area contributed by atoms with E-state index in [1.54, 1.807) is 17.1 Å². The number of morpholine rings is 1. The summed E-state index contributed by atoms with van der Waals surface area (Å²) < 4.78 is 7.33. The van der Waals surface area contributed by atoms with Gasteiger partial charge in [0, 0.05) is 31.4 Å². The van der Waals surface area contributed by atoms with E-state index < -0.39 is 0 Å². The summed E-state index contributed by atoms with van der Waals surface area (Å²) in [7, 11) is 0. The molecule has 124 valence electrons. The van der Waals surface area contributed by atoms with Gasteiger partial charge in [-0.1, -0.05) is 19.3 Å². The van der Waals surface area contributed by atoms with Crippen molar-refractivity contribution >= 4 is 11.0 Å². The van der Waals surface area contributed by atoms with E-state index in [0.717, 1.165) is 51.2 Å². The number of fused-ring (bicyclic) bond motifs is 1. The first kappa shape index (κ1) is 14.9. The van der Waals surface area contributed by atoms with Crippen molar-refractivity contribution in [2.24, 2.45) is 0 Å². The van der Waals surface area contributed by atoms with Crippen molar-refractivity contribution in [2.45, 2.75) is 44.2 Å². The number of nitrogens with one attached hydrogen (secondary N) is 1. The number of hydrogen-bond donors (Lipinski definition) is 1. The zero-order valence-electron chi connectivity index (χ0n) is 13.5. The van der Waals surface area contributed by atoms with E-state index in [1.165, 1.54) is 19.3 Å². The van der Waals surface area contributed by atoms with Crippen molar-refractivity contribution in [3.63, 3.8) is 0 Å². The second kappa shape index (κ2) is 6.09. The molecule has 3 heterocycles. The van der Waals surface area contributed by atoms with Crippen molar-refractivity contribution in [2.75, 3.05) is 26.3 Å². The van der Waals surface area contributed by atoms with Crippen molar-refractivity contribution in [3.05, 3.63) is 28.9 Å². The third-order valence-electron chi connectivity index (χ3n) is 5.47. The van der Waals surface area contributed by atoms with Crippen LogP contribution in [0.5, 0.6) is 0 Å². The third kappa shape index (κ3) is 2.70. The molecule has 6 nitrogen and oxygen atoms in total. The summed E-state index contributed by atoms with van der Waals surface area (Å²) in [5, 5.41) is 0. The minimum Gasteiger partial charge on any atom is -0.379 e. The van der Waals surface area contributed by atoms with Crippen LogP contribution in [-0.2, 0) is 11.3 Å². The summed E-state index contributed by atoms with van der Waals surface area (Å²) in [6, 6.07) is 1.85. The first-order chi connectivity index (χ1) is 11.3. The van der Waals surface area contributed by atoms with Crippen LogP contribution >= 0.6 is 0 Å². The average molecular weight is 316 g/mol. The van der Waals surface area contributed by atoms with Crippen molar-refractivity contribution < 1.29 is 4.74 Å². The van der Waals surface area contributed by atoms with Crippen LogP contribution in [0.25, 0.3) is 11.0 Å². The number of ether oxygens (including phenoxy) is 1. The Morgan fingerprint density at radius 2 is 2.00 bits per heavy atom. The lowest BCUT2D eigenvalue weighted by atomic mass is 9.79. The molecular weight excluding hydrogens is 292 g/mol. The molecule has 0 spiro atoms. The van der Waals surface area contributed by atoms with Crippen LogP contribution < -0.4 is 5.56 Å². The topological polar surface area (TPSA) is 63.2 Å². The molecule has 1 saturated heterocycles. The molecule has 2 fully saturated rings. The van der Waals surface area contributed by atoms with Gasteiger partial charge in [0.05, 0.1) is 25.1 Å². The first-order valence-electron chi connectivity index (χ1n) is 8.64. The number of hydrogen-bond acceptors (Lipinski definition) is 4. The van der Waals surface area contributed by atoms with Crippen LogP contribution in [0.1, 0.15) is 32.1 Å². The Labute approximate surface area is 135 Å². The Kier molecular flexibility index (Phi) is 3.95. The maximum atomic E-state index is 12.7. The molecule has 1 aliphatic heterocycles. The molecule has 2 aliphatic rings. The number of aromatic amines is 1. The first-order valence-corrected chi connectivity index (χ1v) is 8.64. The van der Waals surface area contributed by atoms with Crippen LogP contribution in [0.3, 0.4) is 0 Å². The van der Waals surface area contributed by atoms with Gasteiger partial charge in [0.15, 0.2) is 0 Å². The van der Waals surface area contributed by atoms with E-state index in [0.29, 0.717) is 5.52 Å². The average Bonchev–Trinajstić information content (AvgIpc) is 3.09. The molecule has 0 radical (unpaired) electrons. The molecule has 0 unspecified atom stereocenters. The minimum atomic E-state index is 0.0400.